The number of ether oxygens (including phenoxy) is 3. The van der Waals surface area contributed by atoms with Crippen LogP contribution in [0.1, 0.15) is 128 Å². The molecule has 0 rings (SSSR count). The molecule has 1 atom stereocenters. The van der Waals surface area contributed by atoms with E-state index in [4.69, 9.17) is 24.4 Å². The lowest BCUT2D eigenvalue weighted by Crippen LogP contribution is -2.41. The molecule has 14 nitrogen and oxygen atoms in total. The fraction of sp³-hybridized carbons (Fsp3) is 0.829. The van der Waals surface area contributed by atoms with Gasteiger partial charge in [0.2, 0.25) is 17.7 Å². The Morgan fingerprint density at radius 3 is 1.37 bits per heavy atom. The van der Waals surface area contributed by atoms with Gasteiger partial charge in [0.1, 0.15) is 6.04 Å². The van der Waals surface area contributed by atoms with Crippen molar-refractivity contribution in [1.82, 2.24) is 16.0 Å². The van der Waals surface area contributed by atoms with Gasteiger partial charge in [-0.05, 0) is 32.1 Å². The molecule has 1 radical (unpaired) electrons. The van der Waals surface area contributed by atoms with Gasteiger partial charge in [0.25, 0.3) is 0 Å². The second-order valence-electron chi connectivity index (χ2n) is 12.0. The summed E-state index contributed by atoms with van der Waals surface area (Å²) in [6.07, 6.45) is 16.9. The molecule has 0 aromatic rings. The van der Waals surface area contributed by atoms with Crippen LogP contribution in [0.15, 0.2) is 0 Å². The van der Waals surface area contributed by atoms with E-state index in [0.717, 1.165) is 38.5 Å². The lowest BCUT2D eigenvalue weighted by Gasteiger charge is -2.13. The predicted molar refractivity (Wildman–Crippen MR) is 184 cm³/mol. The number of carboxylic acid groups (broad SMARTS) is 2. The van der Waals surface area contributed by atoms with E-state index in [-0.39, 0.29) is 43.9 Å². The van der Waals surface area contributed by atoms with Crippen molar-refractivity contribution in [2.45, 2.75) is 134 Å². The quantitative estimate of drug-likeness (QED) is 0.0589. The van der Waals surface area contributed by atoms with Crippen molar-refractivity contribution in [1.29, 1.82) is 0 Å². The Balaban J connectivity index is 3.37. The number of aliphatic carboxylic acids is 2. The smallest absolute Gasteiger partial charge is 0.326 e. The molecule has 0 bridgehead atoms. The largest absolute Gasteiger partial charge is 0.481 e. The minimum Gasteiger partial charge on any atom is -0.481 e. The molecular weight excluding hydrogens is 638 g/mol. The predicted octanol–water partition coefficient (Wildman–Crippen LogP) is 3.83. The zero-order chi connectivity index (χ0) is 36.2. The minimum atomic E-state index is -1.24. The summed E-state index contributed by atoms with van der Waals surface area (Å²) in [6.45, 7) is 3.69. The van der Waals surface area contributed by atoms with Gasteiger partial charge in [0.15, 0.2) is 6.29 Å². The van der Waals surface area contributed by atoms with E-state index in [2.05, 4.69) is 16.0 Å². The van der Waals surface area contributed by atoms with Crippen LogP contribution in [0.25, 0.3) is 0 Å². The van der Waals surface area contributed by atoms with Crippen LogP contribution in [-0.2, 0) is 43.0 Å². The van der Waals surface area contributed by atoms with Gasteiger partial charge in [-0.15, -0.1) is 0 Å². The first-order valence-electron chi connectivity index (χ1n) is 18.1. The Bertz CT molecular complexity index is 889. The van der Waals surface area contributed by atoms with Crippen LogP contribution in [0.4, 0.5) is 0 Å². The normalized spacial score (nSPS) is 11.5. The van der Waals surface area contributed by atoms with Crippen molar-refractivity contribution in [3.8, 4) is 0 Å². The number of nitrogens with one attached hydrogen (secondary N) is 3. The van der Waals surface area contributed by atoms with Crippen molar-refractivity contribution in [2.75, 3.05) is 52.7 Å². The number of amides is 3. The number of hydrogen-bond acceptors (Lipinski definition) is 9. The molecule has 5 N–H and O–H groups in total. The Morgan fingerprint density at radius 2 is 0.918 bits per heavy atom. The van der Waals surface area contributed by atoms with Crippen molar-refractivity contribution in [2.24, 2.45) is 0 Å². The summed E-state index contributed by atoms with van der Waals surface area (Å²) in [5.41, 5.74) is 0. The van der Waals surface area contributed by atoms with Gasteiger partial charge in [0, 0.05) is 58.4 Å². The van der Waals surface area contributed by atoms with Gasteiger partial charge in [-0.25, -0.2) is 4.79 Å². The SMILES string of the molecule is O=[C]CC[C@H](NC(=O)CCC(=O)NCCCOCCOCCOCCCNC(=O)CCCCCCCCCCCCCCC(=O)O)C(=O)O. The summed E-state index contributed by atoms with van der Waals surface area (Å²) in [6, 6.07) is -1.18. The number of carbonyl (C=O) groups is 5. The third-order valence-corrected chi connectivity index (χ3v) is 7.61. The Kier molecular flexibility index (Phi) is 32.6. The Morgan fingerprint density at radius 1 is 0.510 bits per heavy atom. The molecule has 0 unspecified atom stereocenters. The molecule has 283 valence electrons. The van der Waals surface area contributed by atoms with Crippen LogP contribution in [0, 0.1) is 0 Å². The van der Waals surface area contributed by atoms with Crippen LogP contribution < -0.4 is 16.0 Å². The van der Waals surface area contributed by atoms with Crippen molar-refractivity contribution in [3.05, 3.63) is 0 Å². The van der Waals surface area contributed by atoms with E-state index in [1.165, 1.54) is 44.9 Å². The molecule has 49 heavy (non-hydrogen) atoms. The van der Waals surface area contributed by atoms with E-state index in [9.17, 15) is 28.8 Å². The molecule has 0 aliphatic rings. The fourth-order valence-electron chi connectivity index (χ4n) is 4.81. The van der Waals surface area contributed by atoms with Crippen LogP contribution in [0.2, 0.25) is 0 Å². The van der Waals surface area contributed by atoms with E-state index in [0.29, 0.717) is 65.6 Å². The van der Waals surface area contributed by atoms with E-state index in [1.54, 1.807) is 6.29 Å². The molecular formula is C35H62N3O11. The molecule has 0 aromatic carbocycles. The number of carboxylic acids is 2. The molecule has 0 aliphatic heterocycles. The number of carbonyl (C=O) groups excluding carboxylic acids is 4. The Labute approximate surface area is 292 Å². The fourth-order valence-corrected chi connectivity index (χ4v) is 4.81. The minimum absolute atomic E-state index is 0.0508. The topological polar surface area (TPSA) is 207 Å². The molecule has 0 aromatic heterocycles. The Hall–Kier alpha value is -3.10. The third kappa shape index (κ3) is 34.6. The molecule has 0 aliphatic carbocycles. The van der Waals surface area contributed by atoms with Crippen molar-refractivity contribution in [3.63, 3.8) is 0 Å². The average Bonchev–Trinajstić information content (AvgIpc) is 3.07. The molecule has 14 heteroatoms. The summed E-state index contributed by atoms with van der Waals surface area (Å²) in [7, 11) is 0. The maximum atomic E-state index is 12.0. The van der Waals surface area contributed by atoms with E-state index >= 15 is 0 Å². The van der Waals surface area contributed by atoms with E-state index < -0.39 is 23.9 Å². The summed E-state index contributed by atoms with van der Waals surface area (Å²) < 4.78 is 16.4. The van der Waals surface area contributed by atoms with Crippen LogP contribution in [0.5, 0.6) is 0 Å². The zero-order valence-corrected chi connectivity index (χ0v) is 29.4. The van der Waals surface area contributed by atoms with E-state index in [1.807, 2.05) is 0 Å². The molecule has 0 heterocycles. The lowest BCUT2D eigenvalue weighted by molar-refractivity contribution is -0.142. The highest BCUT2D eigenvalue weighted by atomic mass is 16.5. The molecule has 3 amide bonds. The van der Waals surface area contributed by atoms with Gasteiger partial charge < -0.3 is 40.4 Å². The van der Waals surface area contributed by atoms with Crippen LogP contribution in [-0.4, -0.2) is 105 Å². The van der Waals surface area contributed by atoms with Crippen LogP contribution >= 0.6 is 0 Å². The monoisotopic (exact) mass is 700 g/mol. The van der Waals surface area contributed by atoms with Gasteiger partial charge >= 0.3 is 11.9 Å². The first-order chi connectivity index (χ1) is 23.8. The maximum Gasteiger partial charge on any atom is 0.326 e. The lowest BCUT2D eigenvalue weighted by atomic mass is 10.0. The van der Waals surface area contributed by atoms with Gasteiger partial charge in [-0.1, -0.05) is 64.2 Å². The second-order valence-corrected chi connectivity index (χ2v) is 12.0. The zero-order valence-electron chi connectivity index (χ0n) is 29.4. The molecule has 0 saturated heterocycles. The average molecular weight is 701 g/mol. The molecule has 0 spiro atoms. The first kappa shape index (κ1) is 45.9. The molecule has 0 fully saturated rings. The van der Waals surface area contributed by atoms with Gasteiger partial charge in [-0.3, -0.25) is 24.0 Å². The highest BCUT2D eigenvalue weighted by Crippen LogP contribution is 2.13. The van der Waals surface area contributed by atoms with Crippen LogP contribution in [0.3, 0.4) is 0 Å². The summed E-state index contributed by atoms with van der Waals surface area (Å²) in [5.74, 6) is -2.75. The molecule has 0 saturated carbocycles. The number of unbranched alkanes of at least 4 members (excludes halogenated alkanes) is 11. The maximum absolute atomic E-state index is 12.0. The second kappa shape index (κ2) is 34.8. The number of hydrogen-bond donors (Lipinski definition) is 5. The third-order valence-electron chi connectivity index (χ3n) is 7.61. The summed E-state index contributed by atoms with van der Waals surface area (Å²) in [4.78, 5) is 67.5. The summed E-state index contributed by atoms with van der Waals surface area (Å²) >= 11 is 0. The first-order valence-corrected chi connectivity index (χ1v) is 18.1. The van der Waals surface area contributed by atoms with Crippen molar-refractivity contribution >= 4 is 35.9 Å². The van der Waals surface area contributed by atoms with Gasteiger partial charge in [-0.2, -0.15) is 0 Å². The van der Waals surface area contributed by atoms with Crippen molar-refractivity contribution < 1.29 is 53.2 Å². The van der Waals surface area contributed by atoms with Gasteiger partial charge in [0.05, 0.1) is 26.4 Å². The summed E-state index contributed by atoms with van der Waals surface area (Å²) in [5, 5.41) is 25.6. The standard InChI is InChI=1S/C35H62N3O11/c39-23-13-16-30(35(45)46)38-33(42)20-19-32(41)37-22-15-25-48-27-29-49-28-26-47-24-14-21-36-31(40)17-11-9-7-5-3-1-2-4-6-8-10-12-18-34(43)44/h30H,1-22,24-29H2,(H,36,40)(H,37,41)(H,38,42)(H,43,44)(H,45,46)/t30-/m0/s1. The highest BCUT2D eigenvalue weighted by Gasteiger charge is 2.19. The highest BCUT2D eigenvalue weighted by molar-refractivity contribution is 5.87. The number of rotatable bonds is 37.